The number of carboxylic acid groups (broad SMARTS) is 1. The Bertz CT molecular complexity index is 275. The second kappa shape index (κ2) is 2.87. The second-order valence-electron chi connectivity index (χ2n) is 1.55. The molecular formula is C4H2F2N2O2S. The molecule has 0 aliphatic heterocycles. The van der Waals surface area contributed by atoms with Crippen molar-refractivity contribution in [1.29, 1.82) is 0 Å². The molecule has 0 atom stereocenters. The average Bonchev–Trinajstić information content (AvgIpc) is 2.33. The zero-order valence-electron chi connectivity index (χ0n) is 4.99. The molecule has 0 saturated carbocycles. The van der Waals surface area contributed by atoms with Crippen LogP contribution in [-0.4, -0.2) is 21.3 Å². The lowest BCUT2D eigenvalue weighted by molar-refractivity contribution is 0.0695. The molecule has 11 heavy (non-hydrogen) atoms. The summed E-state index contributed by atoms with van der Waals surface area (Å²) in [5.41, 5.74) is 0. The van der Waals surface area contributed by atoms with Crippen molar-refractivity contribution in [2.45, 2.75) is 6.43 Å². The second-order valence-corrected chi connectivity index (χ2v) is 2.56. The van der Waals surface area contributed by atoms with Crippen molar-refractivity contribution in [2.75, 3.05) is 0 Å². The maximum absolute atomic E-state index is 11.8. The van der Waals surface area contributed by atoms with Crippen LogP contribution in [0, 0.1) is 0 Å². The smallest absolute Gasteiger partial charge is 0.367 e. The highest BCUT2D eigenvalue weighted by Crippen LogP contribution is 2.21. The number of carboxylic acids is 1. The minimum Gasteiger partial charge on any atom is -0.476 e. The molecular weight excluding hydrogens is 178 g/mol. The van der Waals surface area contributed by atoms with Gasteiger partial charge in [-0.05, 0) is 0 Å². The first-order valence-corrected chi connectivity index (χ1v) is 3.27. The lowest BCUT2D eigenvalue weighted by Crippen LogP contribution is -1.93. The number of aromatic nitrogens is 2. The molecule has 4 nitrogen and oxygen atoms in total. The Hall–Kier alpha value is -1.11. The van der Waals surface area contributed by atoms with Crippen molar-refractivity contribution >= 4 is 17.3 Å². The highest BCUT2D eigenvalue weighted by molar-refractivity contribution is 7.13. The lowest BCUT2D eigenvalue weighted by atomic mass is 10.7. The van der Waals surface area contributed by atoms with Gasteiger partial charge < -0.3 is 5.11 Å². The van der Waals surface area contributed by atoms with E-state index in [2.05, 4.69) is 10.2 Å². The Morgan fingerprint density at radius 3 is 2.45 bits per heavy atom. The van der Waals surface area contributed by atoms with Crippen molar-refractivity contribution < 1.29 is 18.7 Å². The van der Waals surface area contributed by atoms with E-state index in [1.165, 1.54) is 0 Å². The highest BCUT2D eigenvalue weighted by Gasteiger charge is 2.16. The van der Waals surface area contributed by atoms with Crippen LogP contribution in [0.1, 0.15) is 21.2 Å². The van der Waals surface area contributed by atoms with Gasteiger partial charge in [0.25, 0.3) is 6.43 Å². The quantitative estimate of drug-likeness (QED) is 0.742. The zero-order chi connectivity index (χ0) is 8.43. The highest BCUT2D eigenvalue weighted by atomic mass is 32.1. The van der Waals surface area contributed by atoms with E-state index in [0.717, 1.165) is 0 Å². The summed E-state index contributed by atoms with van der Waals surface area (Å²) < 4.78 is 23.5. The van der Waals surface area contributed by atoms with Gasteiger partial charge in [-0.15, -0.1) is 10.2 Å². The number of nitrogens with zero attached hydrogens (tertiary/aromatic N) is 2. The van der Waals surface area contributed by atoms with Crippen LogP contribution in [0.4, 0.5) is 8.78 Å². The number of rotatable bonds is 2. The van der Waals surface area contributed by atoms with Crippen molar-refractivity contribution in [3.8, 4) is 0 Å². The minimum absolute atomic E-state index is 0.377. The Morgan fingerprint density at radius 1 is 1.55 bits per heavy atom. The van der Waals surface area contributed by atoms with Crippen LogP contribution < -0.4 is 0 Å². The maximum atomic E-state index is 11.8. The van der Waals surface area contributed by atoms with Crippen molar-refractivity contribution in [2.24, 2.45) is 0 Å². The summed E-state index contributed by atoms with van der Waals surface area (Å²) in [7, 11) is 0. The molecule has 0 amide bonds. The summed E-state index contributed by atoms with van der Waals surface area (Å²) in [4.78, 5) is 10.1. The van der Waals surface area contributed by atoms with Gasteiger partial charge in [-0.2, -0.15) is 0 Å². The predicted octanol–water partition coefficient (Wildman–Crippen LogP) is 1.17. The van der Waals surface area contributed by atoms with E-state index < -0.39 is 22.4 Å². The monoisotopic (exact) mass is 180 g/mol. The lowest BCUT2D eigenvalue weighted by Gasteiger charge is -1.84. The Balaban J connectivity index is 2.90. The van der Waals surface area contributed by atoms with E-state index in [1.54, 1.807) is 0 Å². The van der Waals surface area contributed by atoms with Crippen LogP contribution in [0.5, 0.6) is 0 Å². The third-order valence-corrected chi connectivity index (χ3v) is 1.73. The molecule has 1 heterocycles. The molecule has 1 rings (SSSR count). The summed E-state index contributed by atoms with van der Waals surface area (Å²) in [6.45, 7) is 0. The Kier molecular flexibility index (Phi) is 2.08. The summed E-state index contributed by atoms with van der Waals surface area (Å²) in [5.74, 6) is -1.34. The first kappa shape index (κ1) is 7.99. The van der Waals surface area contributed by atoms with Gasteiger partial charge in [-0.3, -0.25) is 0 Å². The van der Waals surface area contributed by atoms with Gasteiger partial charge in [0.2, 0.25) is 5.01 Å². The molecule has 0 aliphatic rings. The molecule has 7 heteroatoms. The fourth-order valence-corrected chi connectivity index (χ4v) is 0.947. The number of carbonyl (C=O) groups is 1. The first-order chi connectivity index (χ1) is 5.11. The van der Waals surface area contributed by atoms with E-state index in [1.807, 2.05) is 0 Å². The number of aromatic carboxylic acids is 1. The van der Waals surface area contributed by atoms with Gasteiger partial charge in [0, 0.05) is 0 Å². The van der Waals surface area contributed by atoms with E-state index in [4.69, 9.17) is 5.11 Å². The van der Waals surface area contributed by atoms with Crippen LogP contribution in [0.2, 0.25) is 0 Å². The SMILES string of the molecule is O=C(O)c1nnc(C(F)F)s1. The minimum atomic E-state index is -2.75. The van der Waals surface area contributed by atoms with E-state index in [9.17, 15) is 13.6 Å². The van der Waals surface area contributed by atoms with Gasteiger partial charge in [-0.25, -0.2) is 13.6 Å². The molecule has 0 saturated heterocycles. The number of hydrogen-bond donors (Lipinski definition) is 1. The Labute approximate surface area is 63.5 Å². The van der Waals surface area contributed by atoms with E-state index in [-0.39, 0.29) is 0 Å². The summed E-state index contributed by atoms with van der Waals surface area (Å²) >= 11 is 0.377. The number of hydrogen-bond acceptors (Lipinski definition) is 4. The fraction of sp³-hybridized carbons (Fsp3) is 0.250. The number of alkyl halides is 2. The molecule has 0 bridgehead atoms. The van der Waals surface area contributed by atoms with E-state index in [0.29, 0.717) is 11.3 Å². The molecule has 0 fully saturated rings. The third-order valence-electron chi connectivity index (χ3n) is 0.810. The summed E-state index contributed by atoms with van der Waals surface area (Å²) in [6.07, 6.45) is -2.75. The summed E-state index contributed by atoms with van der Waals surface area (Å²) in [5, 5.41) is 13.3. The first-order valence-electron chi connectivity index (χ1n) is 2.46. The molecule has 1 aromatic rings. The average molecular weight is 180 g/mol. The molecule has 0 aliphatic carbocycles. The topological polar surface area (TPSA) is 63.1 Å². The molecule has 1 N–H and O–H groups in total. The number of halogens is 2. The van der Waals surface area contributed by atoms with E-state index >= 15 is 0 Å². The molecule has 1 aromatic heterocycles. The Morgan fingerprint density at radius 2 is 2.18 bits per heavy atom. The van der Waals surface area contributed by atoms with Gasteiger partial charge >= 0.3 is 5.97 Å². The predicted molar refractivity (Wildman–Crippen MR) is 31.8 cm³/mol. The van der Waals surface area contributed by atoms with Gasteiger partial charge in [0.1, 0.15) is 0 Å². The van der Waals surface area contributed by atoms with Crippen molar-refractivity contribution in [3.63, 3.8) is 0 Å². The van der Waals surface area contributed by atoms with Gasteiger partial charge in [-0.1, -0.05) is 11.3 Å². The van der Waals surface area contributed by atoms with Gasteiger partial charge in [0.05, 0.1) is 0 Å². The van der Waals surface area contributed by atoms with Crippen molar-refractivity contribution in [3.05, 3.63) is 10.0 Å². The van der Waals surface area contributed by atoms with Crippen LogP contribution in [0.15, 0.2) is 0 Å². The molecule has 0 spiro atoms. The van der Waals surface area contributed by atoms with Crippen LogP contribution in [0.25, 0.3) is 0 Å². The van der Waals surface area contributed by atoms with Gasteiger partial charge in [0.15, 0.2) is 5.01 Å². The fourth-order valence-electron chi connectivity index (χ4n) is 0.409. The van der Waals surface area contributed by atoms with Crippen molar-refractivity contribution in [1.82, 2.24) is 10.2 Å². The van der Waals surface area contributed by atoms with Crippen LogP contribution in [-0.2, 0) is 0 Å². The molecule has 60 valence electrons. The third kappa shape index (κ3) is 1.67. The van der Waals surface area contributed by atoms with Crippen LogP contribution >= 0.6 is 11.3 Å². The molecule has 0 radical (unpaired) electrons. The van der Waals surface area contributed by atoms with Crippen LogP contribution in [0.3, 0.4) is 0 Å². The normalized spacial score (nSPS) is 10.5. The maximum Gasteiger partial charge on any atom is 0.367 e. The largest absolute Gasteiger partial charge is 0.476 e. The molecule has 0 unspecified atom stereocenters. The summed E-state index contributed by atoms with van der Waals surface area (Å²) in [6, 6.07) is 0. The standard InChI is InChI=1S/C4H2F2N2O2S/c5-1(6)2-7-8-3(11-2)4(9)10/h1H,(H,9,10). The molecule has 0 aromatic carbocycles. The zero-order valence-corrected chi connectivity index (χ0v) is 5.81.